The lowest BCUT2D eigenvalue weighted by Crippen LogP contribution is -2.40. The van der Waals surface area contributed by atoms with Crippen molar-refractivity contribution in [2.45, 2.75) is 38.1 Å². The number of nitrogens with zero attached hydrogens (tertiary/aromatic N) is 1. The van der Waals surface area contributed by atoms with Gasteiger partial charge in [-0.05, 0) is 75.2 Å². The maximum absolute atomic E-state index is 12.9. The Labute approximate surface area is 201 Å². The van der Waals surface area contributed by atoms with E-state index >= 15 is 0 Å². The van der Waals surface area contributed by atoms with Crippen LogP contribution in [0.1, 0.15) is 38.8 Å². The summed E-state index contributed by atoms with van der Waals surface area (Å²) in [6.45, 7) is 7.08. The van der Waals surface area contributed by atoms with Crippen molar-refractivity contribution >= 4 is 27.7 Å². The Morgan fingerprint density at radius 3 is 2.29 bits per heavy atom. The van der Waals surface area contributed by atoms with Crippen LogP contribution in [0.25, 0.3) is 17.2 Å². The van der Waals surface area contributed by atoms with Gasteiger partial charge in [-0.2, -0.15) is 5.26 Å². The second-order valence-electron chi connectivity index (χ2n) is 8.95. The molecule has 3 rings (SSSR count). The minimum absolute atomic E-state index is 0.195. The zero-order chi connectivity index (χ0) is 24.9. The summed E-state index contributed by atoms with van der Waals surface area (Å²) in [6, 6.07) is 22.9. The highest BCUT2D eigenvalue weighted by Crippen LogP contribution is 2.29. The first-order valence-electron chi connectivity index (χ1n) is 10.7. The molecular formula is C27H27N3O3S. The van der Waals surface area contributed by atoms with Gasteiger partial charge in [0.05, 0.1) is 16.5 Å². The fourth-order valence-electron chi connectivity index (χ4n) is 3.37. The van der Waals surface area contributed by atoms with Gasteiger partial charge in [-0.15, -0.1) is 0 Å². The zero-order valence-electron chi connectivity index (χ0n) is 19.6. The highest BCUT2D eigenvalue weighted by Gasteiger charge is 2.24. The molecule has 0 atom stereocenters. The number of nitrogens with one attached hydrogen (secondary N) is 2. The van der Waals surface area contributed by atoms with Crippen LogP contribution in [0.15, 0.2) is 83.3 Å². The summed E-state index contributed by atoms with van der Waals surface area (Å²) in [7, 11) is -3.72. The molecular weight excluding hydrogens is 446 g/mol. The van der Waals surface area contributed by atoms with Crippen LogP contribution in [-0.2, 0) is 14.8 Å². The van der Waals surface area contributed by atoms with Crippen LogP contribution in [-0.4, -0.2) is 19.9 Å². The standard InChI is InChI=1S/C27H27N3O3S/c1-19(16-20-8-7-9-21(17-20)18-28)26(31)29-23-14-12-22(13-15-23)24-10-5-6-11-25(24)34(32,33)30-27(2,3)4/h5-17,30H,1-4H3,(H,29,31)/b19-16-. The first-order valence-corrected chi connectivity index (χ1v) is 12.2. The fraction of sp³-hybridized carbons (Fsp3) is 0.185. The van der Waals surface area contributed by atoms with E-state index in [0.29, 0.717) is 28.0 Å². The number of nitriles is 1. The van der Waals surface area contributed by atoms with Gasteiger partial charge < -0.3 is 5.32 Å². The Morgan fingerprint density at radius 2 is 1.65 bits per heavy atom. The minimum atomic E-state index is -3.72. The third kappa shape index (κ3) is 6.41. The third-order valence-corrected chi connectivity index (χ3v) is 6.64. The zero-order valence-corrected chi connectivity index (χ0v) is 20.4. The second kappa shape index (κ2) is 10.0. The molecule has 0 saturated carbocycles. The number of hydrogen-bond donors (Lipinski definition) is 2. The van der Waals surface area contributed by atoms with Crippen LogP contribution >= 0.6 is 0 Å². The molecule has 0 spiro atoms. The number of hydrogen-bond acceptors (Lipinski definition) is 4. The highest BCUT2D eigenvalue weighted by molar-refractivity contribution is 7.89. The molecule has 1 amide bonds. The molecule has 2 N–H and O–H groups in total. The predicted molar refractivity (Wildman–Crippen MR) is 135 cm³/mol. The van der Waals surface area contributed by atoms with E-state index in [1.165, 1.54) is 0 Å². The molecule has 0 fully saturated rings. The van der Waals surface area contributed by atoms with E-state index in [1.807, 2.05) is 6.07 Å². The summed E-state index contributed by atoms with van der Waals surface area (Å²) >= 11 is 0. The molecule has 0 aliphatic rings. The summed E-state index contributed by atoms with van der Waals surface area (Å²) in [4.78, 5) is 12.8. The van der Waals surface area contributed by atoms with Gasteiger partial charge in [-0.25, -0.2) is 13.1 Å². The molecule has 0 aliphatic heterocycles. The van der Waals surface area contributed by atoms with Gasteiger partial charge in [0, 0.05) is 22.4 Å². The summed E-state index contributed by atoms with van der Waals surface area (Å²) in [5, 5.41) is 11.9. The average molecular weight is 474 g/mol. The molecule has 34 heavy (non-hydrogen) atoms. The molecule has 3 aromatic rings. The van der Waals surface area contributed by atoms with E-state index < -0.39 is 15.6 Å². The molecule has 0 heterocycles. The average Bonchev–Trinajstić information content (AvgIpc) is 2.78. The van der Waals surface area contributed by atoms with Crippen molar-refractivity contribution in [3.8, 4) is 17.2 Å². The van der Waals surface area contributed by atoms with Crippen LogP contribution in [0, 0.1) is 11.3 Å². The third-order valence-electron chi connectivity index (χ3n) is 4.83. The molecule has 0 bridgehead atoms. The van der Waals surface area contributed by atoms with Gasteiger partial charge in [0.1, 0.15) is 0 Å². The second-order valence-corrected chi connectivity index (χ2v) is 10.6. The van der Waals surface area contributed by atoms with E-state index in [1.54, 1.807) is 101 Å². The van der Waals surface area contributed by atoms with Crippen molar-refractivity contribution in [3.05, 3.63) is 89.5 Å². The summed E-state index contributed by atoms with van der Waals surface area (Å²) in [5.41, 5.74) is 3.05. The number of benzene rings is 3. The molecule has 0 unspecified atom stereocenters. The van der Waals surface area contributed by atoms with Crippen LogP contribution in [0.5, 0.6) is 0 Å². The van der Waals surface area contributed by atoms with Gasteiger partial charge in [-0.3, -0.25) is 4.79 Å². The maximum Gasteiger partial charge on any atom is 0.251 e. The van der Waals surface area contributed by atoms with Crippen LogP contribution in [0.4, 0.5) is 5.69 Å². The normalized spacial score (nSPS) is 12.1. The van der Waals surface area contributed by atoms with Gasteiger partial charge in [0.25, 0.3) is 5.91 Å². The first kappa shape index (κ1) is 24.9. The number of sulfonamides is 1. The molecule has 174 valence electrons. The van der Waals surface area contributed by atoms with Crippen molar-refractivity contribution in [2.24, 2.45) is 0 Å². The smallest absolute Gasteiger partial charge is 0.251 e. The molecule has 0 aliphatic carbocycles. The topological polar surface area (TPSA) is 99.1 Å². The Morgan fingerprint density at radius 1 is 0.971 bits per heavy atom. The lowest BCUT2D eigenvalue weighted by molar-refractivity contribution is -0.112. The number of amides is 1. The fourth-order valence-corrected chi connectivity index (χ4v) is 5.02. The highest BCUT2D eigenvalue weighted by atomic mass is 32.2. The Bertz CT molecular complexity index is 1380. The van der Waals surface area contributed by atoms with E-state index in [0.717, 1.165) is 5.56 Å². The maximum atomic E-state index is 12.9. The van der Waals surface area contributed by atoms with E-state index in [-0.39, 0.29) is 10.8 Å². The van der Waals surface area contributed by atoms with Crippen LogP contribution in [0.3, 0.4) is 0 Å². The number of carbonyl (C=O) groups is 1. The molecule has 0 radical (unpaired) electrons. The van der Waals surface area contributed by atoms with Crippen molar-refractivity contribution in [2.75, 3.05) is 5.32 Å². The lowest BCUT2D eigenvalue weighted by atomic mass is 10.1. The van der Waals surface area contributed by atoms with E-state index in [2.05, 4.69) is 16.1 Å². The van der Waals surface area contributed by atoms with Gasteiger partial charge >= 0.3 is 0 Å². The van der Waals surface area contributed by atoms with Gasteiger partial charge in [0.2, 0.25) is 10.0 Å². The van der Waals surface area contributed by atoms with E-state index in [4.69, 9.17) is 5.26 Å². The number of rotatable bonds is 6. The molecule has 6 nitrogen and oxygen atoms in total. The largest absolute Gasteiger partial charge is 0.322 e. The predicted octanol–water partition coefficient (Wildman–Crippen LogP) is 5.34. The van der Waals surface area contributed by atoms with Gasteiger partial charge in [0.15, 0.2) is 0 Å². The number of anilines is 1. The van der Waals surface area contributed by atoms with Crippen molar-refractivity contribution in [1.29, 1.82) is 5.26 Å². The lowest BCUT2D eigenvalue weighted by Gasteiger charge is -2.21. The number of carbonyl (C=O) groups excluding carboxylic acids is 1. The van der Waals surface area contributed by atoms with Gasteiger partial charge in [-0.1, -0.05) is 42.5 Å². The molecule has 3 aromatic carbocycles. The van der Waals surface area contributed by atoms with Crippen molar-refractivity contribution in [3.63, 3.8) is 0 Å². The van der Waals surface area contributed by atoms with Crippen molar-refractivity contribution in [1.82, 2.24) is 4.72 Å². The Balaban J connectivity index is 1.81. The van der Waals surface area contributed by atoms with Crippen LogP contribution in [0.2, 0.25) is 0 Å². The first-order chi connectivity index (χ1) is 16.0. The van der Waals surface area contributed by atoms with Crippen LogP contribution < -0.4 is 10.0 Å². The summed E-state index contributed by atoms with van der Waals surface area (Å²) < 4.78 is 28.5. The summed E-state index contributed by atoms with van der Waals surface area (Å²) in [6.07, 6.45) is 1.72. The van der Waals surface area contributed by atoms with Crippen molar-refractivity contribution < 1.29 is 13.2 Å². The quantitative estimate of drug-likeness (QED) is 0.472. The van der Waals surface area contributed by atoms with E-state index in [9.17, 15) is 13.2 Å². The SMILES string of the molecule is C/C(=C/c1cccc(C#N)c1)C(=O)Nc1ccc(-c2ccccc2S(=O)(=O)NC(C)(C)C)cc1. The molecule has 7 heteroatoms. The molecule has 0 aromatic heterocycles. The Kier molecular flexibility index (Phi) is 7.35. The minimum Gasteiger partial charge on any atom is -0.322 e. The Hall–Kier alpha value is -3.73. The monoisotopic (exact) mass is 473 g/mol. The summed E-state index contributed by atoms with van der Waals surface area (Å²) in [5.74, 6) is -0.271. The molecule has 0 saturated heterocycles.